The molecule has 0 saturated carbocycles. The first-order valence-corrected chi connectivity index (χ1v) is 5.31. The van der Waals surface area contributed by atoms with E-state index in [1.807, 2.05) is 30.4 Å². The van der Waals surface area contributed by atoms with Crippen LogP contribution in [0, 0.1) is 0 Å². The molecule has 0 amide bonds. The van der Waals surface area contributed by atoms with Crippen LogP contribution in [0.1, 0.15) is 12.0 Å². The highest BCUT2D eigenvalue weighted by molar-refractivity contribution is 6.17. The molecule has 78 valence electrons. The summed E-state index contributed by atoms with van der Waals surface area (Å²) in [7, 11) is 0. The number of H-pyrrole nitrogens is 1. The SMILES string of the molecule is Nc1n[nH]c2cc(C=CCCCl)ccc12. The van der Waals surface area contributed by atoms with Crippen molar-refractivity contribution in [2.24, 2.45) is 0 Å². The lowest BCUT2D eigenvalue weighted by Crippen LogP contribution is -1.83. The number of nitrogen functional groups attached to an aromatic ring is 1. The van der Waals surface area contributed by atoms with Crippen molar-refractivity contribution in [1.82, 2.24) is 10.2 Å². The minimum atomic E-state index is 0.543. The van der Waals surface area contributed by atoms with E-state index in [4.69, 9.17) is 17.3 Å². The predicted molar refractivity (Wildman–Crippen MR) is 64.9 cm³/mol. The molecule has 15 heavy (non-hydrogen) atoms. The van der Waals surface area contributed by atoms with E-state index in [1.165, 1.54) is 0 Å². The summed E-state index contributed by atoms with van der Waals surface area (Å²) in [6, 6.07) is 6.00. The smallest absolute Gasteiger partial charge is 0.153 e. The lowest BCUT2D eigenvalue weighted by atomic mass is 10.1. The number of nitrogens with zero attached hydrogens (tertiary/aromatic N) is 1. The molecule has 1 aromatic carbocycles. The lowest BCUT2D eigenvalue weighted by molar-refractivity contribution is 1.13. The molecule has 0 fully saturated rings. The van der Waals surface area contributed by atoms with E-state index in [2.05, 4.69) is 10.2 Å². The van der Waals surface area contributed by atoms with Gasteiger partial charge in [-0.15, -0.1) is 11.6 Å². The van der Waals surface area contributed by atoms with E-state index in [9.17, 15) is 0 Å². The van der Waals surface area contributed by atoms with Gasteiger partial charge in [-0.2, -0.15) is 5.10 Å². The van der Waals surface area contributed by atoms with Crippen LogP contribution in [0.15, 0.2) is 24.3 Å². The maximum absolute atomic E-state index is 5.67. The highest BCUT2D eigenvalue weighted by atomic mass is 35.5. The van der Waals surface area contributed by atoms with Gasteiger partial charge in [-0.05, 0) is 24.1 Å². The molecule has 0 unspecified atom stereocenters. The summed E-state index contributed by atoms with van der Waals surface area (Å²) in [5.74, 6) is 1.19. The van der Waals surface area contributed by atoms with Crippen molar-refractivity contribution >= 4 is 34.4 Å². The van der Waals surface area contributed by atoms with Gasteiger partial charge in [0.05, 0.1) is 5.52 Å². The maximum Gasteiger partial charge on any atom is 0.153 e. The van der Waals surface area contributed by atoms with Gasteiger partial charge in [0, 0.05) is 11.3 Å². The minimum absolute atomic E-state index is 0.543. The van der Waals surface area contributed by atoms with Crippen LogP contribution in [-0.2, 0) is 0 Å². The van der Waals surface area contributed by atoms with Gasteiger partial charge >= 0.3 is 0 Å². The second-order valence-electron chi connectivity index (χ2n) is 3.29. The zero-order chi connectivity index (χ0) is 10.7. The third kappa shape index (κ3) is 2.13. The monoisotopic (exact) mass is 221 g/mol. The highest BCUT2D eigenvalue weighted by Gasteiger charge is 2.00. The Morgan fingerprint density at radius 3 is 3.13 bits per heavy atom. The molecule has 1 aromatic heterocycles. The molecule has 0 aliphatic rings. The number of aromatic amines is 1. The van der Waals surface area contributed by atoms with Crippen LogP contribution in [0.25, 0.3) is 17.0 Å². The van der Waals surface area contributed by atoms with Crippen molar-refractivity contribution in [2.45, 2.75) is 6.42 Å². The van der Waals surface area contributed by atoms with Crippen molar-refractivity contribution in [1.29, 1.82) is 0 Å². The van der Waals surface area contributed by atoms with Gasteiger partial charge in [-0.25, -0.2) is 0 Å². The molecule has 3 N–H and O–H groups in total. The quantitative estimate of drug-likeness (QED) is 0.784. The molecular weight excluding hydrogens is 210 g/mol. The number of anilines is 1. The average molecular weight is 222 g/mol. The Balaban J connectivity index is 2.31. The maximum atomic E-state index is 5.67. The van der Waals surface area contributed by atoms with Crippen molar-refractivity contribution in [3.63, 3.8) is 0 Å². The number of fused-ring (bicyclic) bond motifs is 1. The van der Waals surface area contributed by atoms with E-state index < -0.39 is 0 Å². The van der Waals surface area contributed by atoms with Crippen LogP contribution in [-0.4, -0.2) is 16.1 Å². The van der Waals surface area contributed by atoms with E-state index in [-0.39, 0.29) is 0 Å². The van der Waals surface area contributed by atoms with Crippen LogP contribution in [0.3, 0.4) is 0 Å². The predicted octanol–water partition coefficient (Wildman–Crippen LogP) is 2.79. The first kappa shape index (κ1) is 10.1. The minimum Gasteiger partial charge on any atom is -0.382 e. The standard InChI is InChI=1S/C11H12ClN3/c12-6-2-1-3-8-4-5-9-10(7-8)14-15-11(9)13/h1,3-5,7H,2,6H2,(H3,13,14,15). The van der Waals surface area contributed by atoms with E-state index in [0.717, 1.165) is 22.9 Å². The molecular formula is C11H12ClN3. The first-order chi connectivity index (χ1) is 7.31. The molecule has 1 heterocycles. The third-order valence-electron chi connectivity index (χ3n) is 2.20. The summed E-state index contributed by atoms with van der Waals surface area (Å²) < 4.78 is 0. The zero-order valence-corrected chi connectivity index (χ0v) is 8.96. The topological polar surface area (TPSA) is 54.7 Å². The largest absolute Gasteiger partial charge is 0.382 e. The second-order valence-corrected chi connectivity index (χ2v) is 3.67. The summed E-state index contributed by atoms with van der Waals surface area (Å²) in [5.41, 5.74) is 7.75. The van der Waals surface area contributed by atoms with Crippen molar-refractivity contribution in [2.75, 3.05) is 11.6 Å². The molecule has 3 nitrogen and oxygen atoms in total. The van der Waals surface area contributed by atoms with E-state index in [0.29, 0.717) is 11.7 Å². The summed E-state index contributed by atoms with van der Waals surface area (Å²) in [5, 5.41) is 7.79. The van der Waals surface area contributed by atoms with Gasteiger partial charge in [0.1, 0.15) is 0 Å². The summed E-state index contributed by atoms with van der Waals surface area (Å²) in [4.78, 5) is 0. The molecule has 2 aromatic rings. The molecule has 0 spiro atoms. The van der Waals surface area contributed by atoms with Crippen molar-refractivity contribution < 1.29 is 0 Å². The number of nitrogens with two attached hydrogens (primary N) is 1. The van der Waals surface area contributed by atoms with Crippen LogP contribution >= 0.6 is 11.6 Å². The Labute approximate surface area is 92.9 Å². The van der Waals surface area contributed by atoms with E-state index in [1.54, 1.807) is 0 Å². The summed E-state index contributed by atoms with van der Waals surface area (Å²) in [6.45, 7) is 0. The Bertz CT molecular complexity index is 488. The fourth-order valence-corrected chi connectivity index (χ4v) is 1.57. The summed E-state index contributed by atoms with van der Waals surface area (Å²) in [6.07, 6.45) is 4.97. The number of benzene rings is 1. The molecule has 0 aliphatic carbocycles. The highest BCUT2D eigenvalue weighted by Crippen LogP contribution is 2.19. The van der Waals surface area contributed by atoms with Crippen molar-refractivity contribution in [3.8, 4) is 0 Å². The summed E-state index contributed by atoms with van der Waals surface area (Å²) >= 11 is 5.58. The number of aromatic nitrogens is 2. The number of allylic oxidation sites excluding steroid dienone is 1. The third-order valence-corrected chi connectivity index (χ3v) is 2.42. The first-order valence-electron chi connectivity index (χ1n) is 4.77. The molecule has 0 radical (unpaired) electrons. The Morgan fingerprint density at radius 1 is 1.47 bits per heavy atom. The molecule has 0 aliphatic heterocycles. The molecule has 2 rings (SSSR count). The van der Waals surface area contributed by atoms with Crippen LogP contribution in [0.2, 0.25) is 0 Å². The number of nitrogens with one attached hydrogen (secondary N) is 1. The van der Waals surface area contributed by atoms with Gasteiger partial charge in [-0.3, -0.25) is 5.10 Å². The molecule has 0 saturated heterocycles. The van der Waals surface area contributed by atoms with Gasteiger partial charge in [-0.1, -0.05) is 18.2 Å². The fourth-order valence-electron chi connectivity index (χ4n) is 1.44. The van der Waals surface area contributed by atoms with Gasteiger partial charge in [0.15, 0.2) is 5.82 Å². The normalized spacial score (nSPS) is 11.5. The number of hydrogen-bond acceptors (Lipinski definition) is 2. The number of halogens is 1. The molecule has 4 heteroatoms. The van der Waals surface area contributed by atoms with Gasteiger partial charge < -0.3 is 5.73 Å². The Morgan fingerprint density at radius 2 is 2.33 bits per heavy atom. The van der Waals surface area contributed by atoms with Gasteiger partial charge in [0.25, 0.3) is 0 Å². The van der Waals surface area contributed by atoms with Crippen LogP contribution in [0.4, 0.5) is 5.82 Å². The Kier molecular flexibility index (Phi) is 2.92. The molecule has 0 bridgehead atoms. The zero-order valence-electron chi connectivity index (χ0n) is 8.20. The van der Waals surface area contributed by atoms with Gasteiger partial charge in [0.2, 0.25) is 0 Å². The van der Waals surface area contributed by atoms with Crippen LogP contribution < -0.4 is 5.73 Å². The number of rotatable bonds is 3. The second kappa shape index (κ2) is 4.36. The van der Waals surface area contributed by atoms with Crippen molar-refractivity contribution in [3.05, 3.63) is 29.8 Å². The van der Waals surface area contributed by atoms with Crippen LogP contribution in [0.5, 0.6) is 0 Å². The fraction of sp³-hybridized carbons (Fsp3) is 0.182. The lowest BCUT2D eigenvalue weighted by Gasteiger charge is -1.94. The van der Waals surface area contributed by atoms with E-state index >= 15 is 0 Å². The average Bonchev–Trinajstić information content (AvgIpc) is 2.61. The Hall–Kier alpha value is -1.48. The number of alkyl halides is 1. The number of hydrogen-bond donors (Lipinski definition) is 2. The molecule has 0 atom stereocenters.